The summed E-state index contributed by atoms with van der Waals surface area (Å²) in [7, 11) is 0. The van der Waals surface area contributed by atoms with Crippen molar-refractivity contribution in [1.82, 2.24) is 4.90 Å². The molecule has 0 aromatic heterocycles. The molecule has 1 saturated heterocycles. The molecule has 1 fully saturated rings. The molecule has 2 N–H and O–H groups in total. The molecule has 5 nitrogen and oxygen atoms in total. The number of ether oxygens (including phenoxy) is 1. The molecule has 1 rings (SSSR count). The van der Waals surface area contributed by atoms with Gasteiger partial charge in [0, 0.05) is 12.6 Å². The van der Waals surface area contributed by atoms with Crippen LogP contribution in [0.5, 0.6) is 0 Å². The highest BCUT2D eigenvalue weighted by Crippen LogP contribution is 2.20. The van der Waals surface area contributed by atoms with Crippen LogP contribution in [0.3, 0.4) is 0 Å². The Morgan fingerprint density at radius 2 is 1.88 bits per heavy atom. The Hall–Kier alpha value is -1.10. The molecule has 0 aliphatic carbocycles. The highest BCUT2D eigenvalue weighted by Gasteiger charge is 2.35. The van der Waals surface area contributed by atoms with Gasteiger partial charge in [0.15, 0.2) is 5.78 Å². The minimum Gasteiger partial charge on any atom is -0.444 e. The Balaban J connectivity index is 2.75. The van der Waals surface area contributed by atoms with E-state index < -0.39 is 11.7 Å². The molecule has 2 atom stereocenters. The van der Waals surface area contributed by atoms with Crippen LogP contribution >= 0.6 is 0 Å². The van der Waals surface area contributed by atoms with Crippen LogP contribution in [-0.4, -0.2) is 41.0 Å². The molecule has 0 saturated carbocycles. The Kier molecular flexibility index (Phi) is 4.14. The van der Waals surface area contributed by atoms with E-state index in [1.54, 1.807) is 20.8 Å². The molecule has 98 valence electrons. The van der Waals surface area contributed by atoms with Gasteiger partial charge in [0.05, 0.1) is 6.04 Å². The van der Waals surface area contributed by atoms with Gasteiger partial charge >= 0.3 is 6.09 Å². The average molecular weight is 242 g/mol. The zero-order chi connectivity index (χ0) is 13.2. The van der Waals surface area contributed by atoms with Crippen LogP contribution in [0.1, 0.15) is 40.5 Å². The van der Waals surface area contributed by atoms with Gasteiger partial charge < -0.3 is 10.5 Å². The molecule has 1 aliphatic heterocycles. The lowest BCUT2D eigenvalue weighted by Gasteiger charge is -2.37. The number of carbonyl (C=O) groups excluding carboxylic acids is 2. The summed E-state index contributed by atoms with van der Waals surface area (Å²) < 4.78 is 5.29. The van der Waals surface area contributed by atoms with Crippen LogP contribution in [0.4, 0.5) is 4.79 Å². The van der Waals surface area contributed by atoms with Gasteiger partial charge in [0.25, 0.3) is 0 Å². The molecule has 1 heterocycles. The van der Waals surface area contributed by atoms with E-state index in [4.69, 9.17) is 10.5 Å². The SMILES string of the molecule is CC(=O)C1CCC(N)CN1C(=O)OC(C)(C)C. The second-order valence-corrected chi connectivity index (χ2v) is 5.60. The number of hydrogen-bond acceptors (Lipinski definition) is 4. The van der Waals surface area contributed by atoms with Gasteiger partial charge in [0.1, 0.15) is 5.60 Å². The first kappa shape index (κ1) is 14.0. The zero-order valence-electron chi connectivity index (χ0n) is 11.0. The number of Topliss-reactive ketones (excluding diaryl/α,β-unsaturated/α-hetero) is 1. The van der Waals surface area contributed by atoms with Crippen molar-refractivity contribution < 1.29 is 14.3 Å². The smallest absolute Gasteiger partial charge is 0.410 e. The van der Waals surface area contributed by atoms with E-state index in [-0.39, 0.29) is 17.9 Å². The molecule has 0 aromatic carbocycles. The molecule has 5 heteroatoms. The van der Waals surface area contributed by atoms with Gasteiger partial charge in [-0.25, -0.2) is 4.79 Å². The lowest BCUT2D eigenvalue weighted by molar-refractivity contribution is -0.123. The van der Waals surface area contributed by atoms with Crippen LogP contribution < -0.4 is 5.73 Å². The summed E-state index contributed by atoms with van der Waals surface area (Å²) in [4.78, 5) is 24.9. The predicted molar refractivity (Wildman–Crippen MR) is 64.6 cm³/mol. The van der Waals surface area contributed by atoms with Crippen molar-refractivity contribution >= 4 is 11.9 Å². The fraction of sp³-hybridized carbons (Fsp3) is 0.833. The minimum absolute atomic E-state index is 0.0113. The summed E-state index contributed by atoms with van der Waals surface area (Å²) in [6.45, 7) is 7.30. The quantitative estimate of drug-likeness (QED) is 0.752. The minimum atomic E-state index is -0.556. The van der Waals surface area contributed by atoms with Crippen LogP contribution in [-0.2, 0) is 9.53 Å². The summed E-state index contributed by atoms with van der Waals surface area (Å²) in [6.07, 6.45) is 0.937. The molecular formula is C12H22N2O3. The Labute approximate surface area is 102 Å². The van der Waals surface area contributed by atoms with Crippen molar-refractivity contribution in [2.45, 2.75) is 58.2 Å². The topological polar surface area (TPSA) is 72.6 Å². The third kappa shape index (κ3) is 4.00. The molecule has 2 unspecified atom stereocenters. The van der Waals surface area contributed by atoms with E-state index in [0.29, 0.717) is 13.0 Å². The second-order valence-electron chi connectivity index (χ2n) is 5.60. The first-order valence-corrected chi connectivity index (χ1v) is 5.96. The molecule has 0 spiro atoms. The van der Waals surface area contributed by atoms with Gasteiger partial charge in [-0.05, 0) is 40.5 Å². The lowest BCUT2D eigenvalue weighted by Crippen LogP contribution is -2.54. The highest BCUT2D eigenvalue weighted by atomic mass is 16.6. The van der Waals surface area contributed by atoms with E-state index in [2.05, 4.69) is 0 Å². The molecule has 17 heavy (non-hydrogen) atoms. The number of nitrogens with zero attached hydrogens (tertiary/aromatic N) is 1. The van der Waals surface area contributed by atoms with E-state index >= 15 is 0 Å². The van der Waals surface area contributed by atoms with Crippen LogP contribution in [0.2, 0.25) is 0 Å². The Morgan fingerprint density at radius 3 is 2.35 bits per heavy atom. The monoisotopic (exact) mass is 242 g/mol. The maximum Gasteiger partial charge on any atom is 0.410 e. The second kappa shape index (κ2) is 5.04. The van der Waals surface area contributed by atoms with Crippen molar-refractivity contribution in [3.8, 4) is 0 Å². The fourth-order valence-electron chi connectivity index (χ4n) is 1.94. The van der Waals surface area contributed by atoms with Crippen LogP contribution in [0.25, 0.3) is 0 Å². The van der Waals surface area contributed by atoms with Crippen molar-refractivity contribution in [3.63, 3.8) is 0 Å². The van der Waals surface area contributed by atoms with E-state index in [9.17, 15) is 9.59 Å². The summed E-state index contributed by atoms with van der Waals surface area (Å²) in [5.41, 5.74) is 5.27. The van der Waals surface area contributed by atoms with Gasteiger partial charge in [-0.2, -0.15) is 0 Å². The van der Waals surface area contributed by atoms with E-state index in [1.807, 2.05) is 0 Å². The van der Waals surface area contributed by atoms with Crippen molar-refractivity contribution in [2.75, 3.05) is 6.54 Å². The molecule has 1 amide bonds. The molecule has 1 aliphatic rings. The van der Waals surface area contributed by atoms with Gasteiger partial charge in [-0.3, -0.25) is 9.69 Å². The Morgan fingerprint density at radius 1 is 1.29 bits per heavy atom. The standard InChI is InChI=1S/C12H22N2O3/c1-8(15)10-6-5-9(13)7-14(10)11(16)17-12(2,3)4/h9-10H,5-7,13H2,1-4H3. The number of hydrogen-bond donors (Lipinski definition) is 1. The van der Waals surface area contributed by atoms with Gasteiger partial charge in [-0.15, -0.1) is 0 Å². The number of carbonyl (C=O) groups is 2. The number of rotatable bonds is 1. The zero-order valence-corrected chi connectivity index (χ0v) is 11.0. The first-order chi connectivity index (χ1) is 7.70. The average Bonchev–Trinajstić information content (AvgIpc) is 2.14. The highest BCUT2D eigenvalue weighted by molar-refractivity contribution is 5.85. The van der Waals surface area contributed by atoms with Gasteiger partial charge in [-0.1, -0.05) is 0 Å². The van der Waals surface area contributed by atoms with E-state index in [0.717, 1.165) is 6.42 Å². The molecular weight excluding hydrogens is 220 g/mol. The largest absolute Gasteiger partial charge is 0.444 e. The fourth-order valence-corrected chi connectivity index (χ4v) is 1.94. The lowest BCUT2D eigenvalue weighted by atomic mass is 9.97. The van der Waals surface area contributed by atoms with Crippen molar-refractivity contribution in [3.05, 3.63) is 0 Å². The number of piperidine rings is 1. The van der Waals surface area contributed by atoms with Crippen LogP contribution in [0, 0.1) is 0 Å². The summed E-state index contributed by atoms with van der Waals surface area (Å²) >= 11 is 0. The third-order valence-corrected chi connectivity index (χ3v) is 2.72. The Bertz CT molecular complexity index is 309. The molecule has 0 aromatic rings. The van der Waals surface area contributed by atoms with Crippen molar-refractivity contribution in [1.29, 1.82) is 0 Å². The van der Waals surface area contributed by atoms with Crippen molar-refractivity contribution in [2.24, 2.45) is 5.73 Å². The predicted octanol–water partition coefficient (Wildman–Crippen LogP) is 1.30. The number of nitrogens with two attached hydrogens (primary N) is 1. The first-order valence-electron chi connectivity index (χ1n) is 5.96. The number of likely N-dealkylation sites (tertiary alicyclic amines) is 1. The van der Waals surface area contributed by atoms with Gasteiger partial charge in [0.2, 0.25) is 0 Å². The number of amides is 1. The summed E-state index contributed by atoms with van der Waals surface area (Å²) in [5.74, 6) is -0.0113. The maximum absolute atomic E-state index is 12.0. The maximum atomic E-state index is 12.0. The number of ketones is 1. The summed E-state index contributed by atoms with van der Waals surface area (Å²) in [5, 5.41) is 0. The summed E-state index contributed by atoms with van der Waals surface area (Å²) in [6, 6.07) is -0.456. The third-order valence-electron chi connectivity index (χ3n) is 2.72. The molecule has 0 radical (unpaired) electrons. The molecule has 0 bridgehead atoms. The van der Waals surface area contributed by atoms with Crippen LogP contribution in [0.15, 0.2) is 0 Å². The normalized spacial score (nSPS) is 25.6. The van der Waals surface area contributed by atoms with E-state index in [1.165, 1.54) is 11.8 Å².